The lowest BCUT2D eigenvalue weighted by molar-refractivity contribution is -0.129. The number of hydrogen-bond donors (Lipinski definition) is 1. The Balaban J connectivity index is 1.45. The Kier molecular flexibility index (Phi) is 7.04. The summed E-state index contributed by atoms with van der Waals surface area (Å²) in [6, 6.07) is 18.9. The number of nitrogens with zero attached hydrogens (tertiary/aromatic N) is 1. The average Bonchev–Trinajstić information content (AvgIpc) is 2.69. The van der Waals surface area contributed by atoms with Crippen molar-refractivity contribution >= 4 is 27.3 Å². The molecule has 0 atom stereocenters. The van der Waals surface area contributed by atoms with Crippen LogP contribution < -0.4 is 5.32 Å². The summed E-state index contributed by atoms with van der Waals surface area (Å²) in [4.78, 5) is 26.0. The second-order valence-electron chi connectivity index (χ2n) is 7.46. The highest BCUT2D eigenvalue weighted by Gasteiger charge is 2.27. The Morgan fingerprint density at radius 3 is 2.10 bits per heavy atom. The number of piperidine rings is 1. The molecule has 1 aliphatic heterocycles. The highest BCUT2D eigenvalue weighted by molar-refractivity contribution is 7.92. The van der Waals surface area contributed by atoms with E-state index in [4.69, 9.17) is 0 Å². The molecule has 1 heterocycles. The minimum absolute atomic E-state index is 0.421. The third-order valence-corrected chi connectivity index (χ3v) is 6.48. The van der Waals surface area contributed by atoms with Crippen LogP contribution in [-0.2, 0) is 25.8 Å². The number of carbonyl (C=O) groups excluding carboxylic acids is 2. The monoisotopic (exact) mass is 414 g/mol. The Bertz CT molecular complexity index is 922. The van der Waals surface area contributed by atoms with Crippen LogP contribution in [-0.4, -0.2) is 49.7 Å². The lowest BCUT2D eigenvalue weighted by atomic mass is 9.90. The predicted molar refractivity (Wildman–Crippen MR) is 113 cm³/mol. The number of amides is 2. The van der Waals surface area contributed by atoms with Crippen LogP contribution in [0, 0.1) is 5.92 Å². The molecule has 0 spiro atoms. The molecule has 3 rings (SSSR count). The molecule has 1 N–H and O–H groups in total. The van der Waals surface area contributed by atoms with Gasteiger partial charge >= 0.3 is 0 Å². The molecule has 2 aromatic rings. The van der Waals surface area contributed by atoms with Gasteiger partial charge in [-0.1, -0.05) is 48.5 Å². The molecule has 2 aromatic carbocycles. The minimum Gasteiger partial charge on any atom is -0.342 e. The SMILES string of the molecule is O=C(CS(=O)(=O)CC(=O)N1CCC(Cc2ccccc2)CC1)Nc1ccccc1. The van der Waals surface area contributed by atoms with Crippen molar-refractivity contribution in [2.45, 2.75) is 19.3 Å². The maximum Gasteiger partial charge on any atom is 0.239 e. The van der Waals surface area contributed by atoms with Crippen LogP contribution in [0.3, 0.4) is 0 Å². The normalized spacial score (nSPS) is 15.1. The molecule has 0 bridgehead atoms. The molecule has 1 fully saturated rings. The van der Waals surface area contributed by atoms with Gasteiger partial charge in [-0.2, -0.15) is 0 Å². The molecule has 6 nitrogen and oxygen atoms in total. The topological polar surface area (TPSA) is 83.5 Å². The number of nitrogens with one attached hydrogen (secondary N) is 1. The fraction of sp³-hybridized carbons (Fsp3) is 0.364. The van der Waals surface area contributed by atoms with Crippen LogP contribution in [0.15, 0.2) is 60.7 Å². The molecule has 0 aliphatic carbocycles. The zero-order valence-electron chi connectivity index (χ0n) is 16.3. The smallest absolute Gasteiger partial charge is 0.239 e. The van der Waals surface area contributed by atoms with E-state index in [1.807, 2.05) is 18.2 Å². The maximum absolute atomic E-state index is 12.4. The molecule has 29 heavy (non-hydrogen) atoms. The van der Waals surface area contributed by atoms with Crippen LogP contribution in [0.5, 0.6) is 0 Å². The molecule has 1 aliphatic rings. The van der Waals surface area contributed by atoms with Crippen molar-refractivity contribution in [2.75, 3.05) is 29.9 Å². The summed E-state index contributed by atoms with van der Waals surface area (Å²) < 4.78 is 24.6. The Morgan fingerprint density at radius 2 is 1.48 bits per heavy atom. The van der Waals surface area contributed by atoms with E-state index >= 15 is 0 Å². The molecule has 1 saturated heterocycles. The molecular formula is C22H26N2O4S. The minimum atomic E-state index is -3.81. The van der Waals surface area contributed by atoms with Crippen molar-refractivity contribution in [3.8, 4) is 0 Å². The number of sulfone groups is 1. The van der Waals surface area contributed by atoms with Gasteiger partial charge in [0.05, 0.1) is 0 Å². The van der Waals surface area contributed by atoms with Crippen molar-refractivity contribution in [1.82, 2.24) is 4.90 Å². The van der Waals surface area contributed by atoms with Crippen molar-refractivity contribution in [1.29, 1.82) is 0 Å². The zero-order valence-corrected chi connectivity index (χ0v) is 17.1. The van der Waals surface area contributed by atoms with E-state index in [1.54, 1.807) is 35.2 Å². The van der Waals surface area contributed by atoms with E-state index in [1.165, 1.54) is 5.56 Å². The van der Waals surface area contributed by atoms with Gasteiger partial charge in [-0.05, 0) is 42.9 Å². The van der Waals surface area contributed by atoms with Gasteiger partial charge in [-0.25, -0.2) is 8.42 Å². The van der Waals surface area contributed by atoms with Gasteiger partial charge in [0.1, 0.15) is 11.5 Å². The van der Waals surface area contributed by atoms with Crippen molar-refractivity contribution < 1.29 is 18.0 Å². The Morgan fingerprint density at radius 1 is 0.897 bits per heavy atom. The summed E-state index contributed by atoms with van der Waals surface area (Å²) in [6.07, 6.45) is 2.69. The first-order chi connectivity index (χ1) is 13.9. The van der Waals surface area contributed by atoms with Gasteiger partial charge in [-0.15, -0.1) is 0 Å². The highest BCUT2D eigenvalue weighted by atomic mass is 32.2. The lowest BCUT2D eigenvalue weighted by Gasteiger charge is -2.32. The average molecular weight is 415 g/mol. The largest absolute Gasteiger partial charge is 0.342 e. The van der Waals surface area contributed by atoms with Crippen LogP contribution >= 0.6 is 0 Å². The first kappa shape index (κ1) is 21.0. The van der Waals surface area contributed by atoms with E-state index in [2.05, 4.69) is 17.4 Å². The van der Waals surface area contributed by atoms with Crippen LogP contribution in [0.1, 0.15) is 18.4 Å². The quantitative estimate of drug-likeness (QED) is 0.755. The molecule has 7 heteroatoms. The van der Waals surface area contributed by atoms with Gasteiger partial charge in [0.2, 0.25) is 11.8 Å². The standard InChI is InChI=1S/C22H26N2O4S/c25-21(23-20-9-5-2-6-10-20)16-29(27,28)17-22(26)24-13-11-19(12-14-24)15-18-7-3-1-4-8-18/h1-10,19H,11-17H2,(H,23,25). The van der Waals surface area contributed by atoms with Crippen LogP contribution in [0.2, 0.25) is 0 Å². The summed E-state index contributed by atoms with van der Waals surface area (Å²) in [6.45, 7) is 1.12. The molecule has 0 radical (unpaired) electrons. The fourth-order valence-corrected chi connectivity index (χ4v) is 4.72. The molecular weight excluding hydrogens is 388 g/mol. The van der Waals surface area contributed by atoms with Gasteiger partial charge in [-0.3, -0.25) is 9.59 Å². The number of likely N-dealkylation sites (tertiary alicyclic amines) is 1. The van der Waals surface area contributed by atoms with Crippen molar-refractivity contribution in [3.05, 3.63) is 66.2 Å². The second kappa shape index (κ2) is 9.69. The number of carbonyl (C=O) groups is 2. The second-order valence-corrected chi connectivity index (χ2v) is 9.52. The van der Waals surface area contributed by atoms with E-state index in [-0.39, 0.29) is 0 Å². The number of anilines is 1. The Hall–Kier alpha value is -2.67. The molecule has 154 valence electrons. The summed E-state index contributed by atoms with van der Waals surface area (Å²) in [5.74, 6) is -1.88. The van der Waals surface area contributed by atoms with Gasteiger partial charge in [0.15, 0.2) is 9.84 Å². The number of rotatable bonds is 7. The highest BCUT2D eigenvalue weighted by Crippen LogP contribution is 2.22. The van der Waals surface area contributed by atoms with E-state index in [0.717, 1.165) is 19.3 Å². The van der Waals surface area contributed by atoms with Gasteiger partial charge in [0, 0.05) is 18.8 Å². The first-order valence-corrected chi connectivity index (χ1v) is 11.6. The summed E-state index contributed by atoms with van der Waals surface area (Å²) >= 11 is 0. The van der Waals surface area contributed by atoms with Crippen molar-refractivity contribution in [2.24, 2.45) is 5.92 Å². The molecule has 0 saturated carbocycles. The molecule has 0 unspecified atom stereocenters. The summed E-state index contributed by atoms with van der Waals surface area (Å²) in [5.41, 5.74) is 1.81. The van der Waals surface area contributed by atoms with E-state index in [0.29, 0.717) is 24.7 Å². The molecule has 2 amide bonds. The Labute approximate surface area is 171 Å². The van der Waals surface area contributed by atoms with Gasteiger partial charge in [0.25, 0.3) is 0 Å². The summed E-state index contributed by atoms with van der Waals surface area (Å²) in [7, 11) is -3.81. The van der Waals surface area contributed by atoms with Gasteiger partial charge < -0.3 is 10.2 Å². The fourth-order valence-electron chi connectivity index (χ4n) is 3.58. The number of hydrogen-bond acceptors (Lipinski definition) is 4. The van der Waals surface area contributed by atoms with Crippen LogP contribution in [0.4, 0.5) is 5.69 Å². The third kappa shape index (κ3) is 6.71. The zero-order chi connectivity index (χ0) is 20.7. The lowest BCUT2D eigenvalue weighted by Crippen LogP contribution is -2.42. The third-order valence-electron chi connectivity index (χ3n) is 5.09. The van der Waals surface area contributed by atoms with Crippen LogP contribution in [0.25, 0.3) is 0 Å². The predicted octanol–water partition coefficient (Wildman–Crippen LogP) is 2.52. The number of benzene rings is 2. The number of para-hydroxylation sites is 1. The van der Waals surface area contributed by atoms with Crippen molar-refractivity contribution in [3.63, 3.8) is 0 Å². The van der Waals surface area contributed by atoms with E-state index in [9.17, 15) is 18.0 Å². The molecule has 0 aromatic heterocycles. The summed E-state index contributed by atoms with van der Waals surface area (Å²) in [5, 5.41) is 2.54. The first-order valence-electron chi connectivity index (χ1n) is 9.78. The maximum atomic E-state index is 12.4. The van der Waals surface area contributed by atoms with E-state index < -0.39 is 33.2 Å².